The summed E-state index contributed by atoms with van der Waals surface area (Å²) in [6.07, 6.45) is 0. The van der Waals surface area contributed by atoms with Gasteiger partial charge in [0.05, 0.1) is 0 Å². The van der Waals surface area contributed by atoms with Crippen LogP contribution in [0, 0.1) is 11.8 Å². The first kappa shape index (κ1) is 10.5. The minimum absolute atomic E-state index is 0.479. The molecule has 0 radical (unpaired) electrons. The van der Waals surface area contributed by atoms with Crippen molar-refractivity contribution in [3.05, 3.63) is 0 Å². The van der Waals surface area contributed by atoms with Gasteiger partial charge in [-0.05, 0) is 19.8 Å². The molecule has 0 spiro atoms. The zero-order valence-corrected chi connectivity index (χ0v) is 7.29. The fourth-order valence-electron chi connectivity index (χ4n) is 0.537. The number of rotatable bonds is 2. The molecule has 1 atom stereocenters. The van der Waals surface area contributed by atoms with E-state index in [2.05, 4.69) is 11.8 Å². The molecule has 1 N–H and O–H groups in total. The van der Waals surface area contributed by atoms with Crippen molar-refractivity contribution < 1.29 is 14.7 Å². The van der Waals surface area contributed by atoms with Gasteiger partial charge in [-0.1, -0.05) is 5.92 Å². The molecule has 0 saturated carbocycles. The Labute approximate surface area is 71.2 Å². The largest absolute Gasteiger partial charge is 0.480 e. The number of amides is 1. The lowest BCUT2D eigenvalue weighted by molar-refractivity contribution is -0.146. The monoisotopic (exact) mass is 169 g/mol. The summed E-state index contributed by atoms with van der Waals surface area (Å²) in [5, 5.41) is 8.53. The van der Waals surface area contributed by atoms with E-state index in [1.54, 1.807) is 0 Å². The molecule has 0 aliphatic rings. The van der Waals surface area contributed by atoms with Gasteiger partial charge in [0.15, 0.2) is 0 Å². The molecular weight excluding hydrogens is 158 g/mol. The Balaban J connectivity index is 4.35. The van der Waals surface area contributed by atoms with Gasteiger partial charge in [0.25, 0.3) is 5.91 Å². The molecule has 0 bridgehead atoms. The number of carboxylic acid groups (broad SMARTS) is 1. The minimum atomic E-state index is -1.04. The number of nitrogens with zero attached hydrogens (tertiary/aromatic N) is 1. The summed E-state index contributed by atoms with van der Waals surface area (Å²) >= 11 is 0. The molecule has 12 heavy (non-hydrogen) atoms. The lowest BCUT2D eigenvalue weighted by atomic mass is 10.3. The Morgan fingerprint density at radius 1 is 1.50 bits per heavy atom. The second kappa shape index (κ2) is 4.39. The van der Waals surface area contributed by atoms with Crippen molar-refractivity contribution in [1.82, 2.24) is 4.90 Å². The fraction of sp³-hybridized carbons (Fsp3) is 0.500. The van der Waals surface area contributed by atoms with E-state index < -0.39 is 17.9 Å². The lowest BCUT2D eigenvalue weighted by Crippen LogP contribution is -2.39. The molecule has 0 aliphatic heterocycles. The maximum atomic E-state index is 11.0. The van der Waals surface area contributed by atoms with E-state index in [0.29, 0.717) is 0 Å². The van der Waals surface area contributed by atoms with Gasteiger partial charge in [-0.15, -0.1) is 0 Å². The quantitative estimate of drug-likeness (QED) is 0.589. The summed E-state index contributed by atoms with van der Waals surface area (Å²) < 4.78 is 0. The fourth-order valence-corrected chi connectivity index (χ4v) is 0.537. The number of aliphatic carboxylic acids is 1. The number of carboxylic acids is 1. The lowest BCUT2D eigenvalue weighted by Gasteiger charge is -2.18. The van der Waals surface area contributed by atoms with E-state index in [9.17, 15) is 9.59 Å². The van der Waals surface area contributed by atoms with Crippen LogP contribution >= 0.6 is 0 Å². The number of hydrogen-bond donors (Lipinski definition) is 1. The molecule has 0 heterocycles. The predicted molar refractivity (Wildman–Crippen MR) is 43.3 cm³/mol. The first-order valence-corrected chi connectivity index (χ1v) is 3.43. The molecular formula is C8H11NO3. The van der Waals surface area contributed by atoms with Crippen LogP contribution in [0.25, 0.3) is 0 Å². The van der Waals surface area contributed by atoms with E-state index in [4.69, 9.17) is 5.11 Å². The third-order valence-corrected chi connectivity index (χ3v) is 1.49. The molecule has 0 fully saturated rings. The van der Waals surface area contributed by atoms with Crippen molar-refractivity contribution in [2.24, 2.45) is 0 Å². The maximum Gasteiger partial charge on any atom is 0.326 e. The summed E-state index contributed by atoms with van der Waals surface area (Å²) in [5.41, 5.74) is 0. The highest BCUT2D eigenvalue weighted by Crippen LogP contribution is 1.94. The van der Waals surface area contributed by atoms with Gasteiger partial charge in [0.1, 0.15) is 6.04 Å². The molecule has 1 unspecified atom stereocenters. The summed E-state index contributed by atoms with van der Waals surface area (Å²) in [7, 11) is 1.41. The summed E-state index contributed by atoms with van der Waals surface area (Å²) in [5.74, 6) is 3.15. The van der Waals surface area contributed by atoms with Crippen LogP contribution in [0.4, 0.5) is 0 Å². The van der Waals surface area contributed by atoms with Crippen molar-refractivity contribution >= 4 is 11.9 Å². The van der Waals surface area contributed by atoms with Crippen LogP contribution in [-0.2, 0) is 9.59 Å². The van der Waals surface area contributed by atoms with Crippen LogP contribution in [-0.4, -0.2) is 35.0 Å². The predicted octanol–water partition coefficient (Wildman–Crippen LogP) is -0.0588. The van der Waals surface area contributed by atoms with Crippen molar-refractivity contribution in [2.75, 3.05) is 7.05 Å². The molecule has 0 rings (SSSR count). The molecule has 0 aromatic carbocycles. The van der Waals surface area contributed by atoms with E-state index >= 15 is 0 Å². The third kappa shape index (κ3) is 2.62. The minimum Gasteiger partial charge on any atom is -0.480 e. The van der Waals surface area contributed by atoms with Gasteiger partial charge in [0.2, 0.25) is 0 Å². The van der Waals surface area contributed by atoms with Gasteiger partial charge >= 0.3 is 5.97 Å². The van der Waals surface area contributed by atoms with Crippen LogP contribution in [0.15, 0.2) is 0 Å². The van der Waals surface area contributed by atoms with Gasteiger partial charge in [-0.3, -0.25) is 4.79 Å². The van der Waals surface area contributed by atoms with Crippen molar-refractivity contribution in [3.63, 3.8) is 0 Å². The van der Waals surface area contributed by atoms with E-state index in [1.165, 1.54) is 20.9 Å². The van der Waals surface area contributed by atoms with E-state index in [-0.39, 0.29) is 0 Å². The smallest absolute Gasteiger partial charge is 0.326 e. The Kier molecular flexibility index (Phi) is 3.84. The van der Waals surface area contributed by atoms with Gasteiger partial charge in [0, 0.05) is 7.05 Å². The Morgan fingerprint density at radius 3 is 2.33 bits per heavy atom. The molecule has 1 amide bonds. The Hall–Kier alpha value is -1.50. The summed E-state index contributed by atoms with van der Waals surface area (Å²) in [6.45, 7) is 2.95. The third-order valence-electron chi connectivity index (χ3n) is 1.49. The molecule has 0 saturated heterocycles. The number of carbonyl (C=O) groups is 2. The van der Waals surface area contributed by atoms with E-state index in [1.807, 2.05) is 0 Å². The average Bonchev–Trinajstić information content (AvgIpc) is 2.02. The zero-order valence-electron chi connectivity index (χ0n) is 7.29. The van der Waals surface area contributed by atoms with Crippen molar-refractivity contribution in [2.45, 2.75) is 19.9 Å². The molecule has 0 aromatic rings. The highest BCUT2D eigenvalue weighted by atomic mass is 16.4. The number of hydrogen-bond acceptors (Lipinski definition) is 2. The maximum absolute atomic E-state index is 11.0. The van der Waals surface area contributed by atoms with Gasteiger partial charge < -0.3 is 10.0 Å². The molecule has 4 heteroatoms. The van der Waals surface area contributed by atoms with Crippen LogP contribution < -0.4 is 0 Å². The highest BCUT2D eigenvalue weighted by molar-refractivity contribution is 5.95. The average molecular weight is 169 g/mol. The Bertz CT molecular complexity index is 249. The van der Waals surface area contributed by atoms with E-state index in [0.717, 1.165) is 4.90 Å². The molecule has 4 nitrogen and oxygen atoms in total. The second-order valence-electron chi connectivity index (χ2n) is 2.31. The standard InChI is InChI=1S/C8H11NO3/c1-4-5-7(10)9(3)6(2)8(11)12/h6H,1-3H3,(H,11,12). The zero-order chi connectivity index (χ0) is 9.72. The van der Waals surface area contributed by atoms with Crippen molar-refractivity contribution in [3.8, 4) is 11.8 Å². The molecule has 0 aromatic heterocycles. The first-order chi connectivity index (χ1) is 5.50. The van der Waals surface area contributed by atoms with Crippen LogP contribution in [0.2, 0.25) is 0 Å². The number of likely N-dealkylation sites (N-methyl/N-ethyl adjacent to an activating group) is 1. The summed E-state index contributed by atoms with van der Waals surface area (Å²) in [6, 6.07) is -0.835. The van der Waals surface area contributed by atoms with Crippen LogP contribution in [0.1, 0.15) is 13.8 Å². The topological polar surface area (TPSA) is 57.6 Å². The molecule has 0 aliphatic carbocycles. The molecule has 66 valence electrons. The number of carbonyl (C=O) groups excluding carboxylic acids is 1. The summed E-state index contributed by atoms with van der Waals surface area (Å²) in [4.78, 5) is 22.5. The van der Waals surface area contributed by atoms with Crippen molar-refractivity contribution in [1.29, 1.82) is 0 Å². The second-order valence-corrected chi connectivity index (χ2v) is 2.31. The SMILES string of the molecule is CC#CC(=O)N(C)C(C)C(=O)O. The normalized spacial score (nSPS) is 10.9. The highest BCUT2D eigenvalue weighted by Gasteiger charge is 2.19. The van der Waals surface area contributed by atoms with Gasteiger partial charge in [-0.2, -0.15) is 0 Å². The van der Waals surface area contributed by atoms with Crippen LogP contribution in [0.5, 0.6) is 0 Å². The Morgan fingerprint density at radius 2 is 2.00 bits per heavy atom. The first-order valence-electron chi connectivity index (χ1n) is 3.43. The van der Waals surface area contributed by atoms with Crippen LogP contribution in [0.3, 0.4) is 0 Å². The van der Waals surface area contributed by atoms with Gasteiger partial charge in [-0.25, -0.2) is 4.79 Å².